The number of alkyl carbamates (subject to hydrolysis) is 1. The molecule has 2 aromatic rings. The number of halogens is 3. The van der Waals surface area contributed by atoms with Gasteiger partial charge in [0.05, 0.1) is 5.69 Å². The molecule has 1 amide bonds. The van der Waals surface area contributed by atoms with Gasteiger partial charge in [-0.25, -0.2) is 18.0 Å². The Kier molecular flexibility index (Phi) is 5.11. The average molecular weight is 350 g/mol. The lowest BCUT2D eigenvalue weighted by Crippen LogP contribution is -2.49. The third-order valence-corrected chi connectivity index (χ3v) is 4.03. The second-order valence-corrected chi connectivity index (χ2v) is 5.96. The predicted molar refractivity (Wildman–Crippen MR) is 86.5 cm³/mol. The SMILES string of the molecule is O=C(NC1CC(Nc2cc(F)cc(F)c2F)C1)OCc1ccccc1. The van der Waals surface area contributed by atoms with Gasteiger partial charge in [0, 0.05) is 24.2 Å². The van der Waals surface area contributed by atoms with E-state index in [0.717, 1.165) is 11.6 Å². The number of anilines is 1. The lowest BCUT2D eigenvalue weighted by Gasteiger charge is -2.36. The van der Waals surface area contributed by atoms with Crippen LogP contribution in [-0.4, -0.2) is 18.2 Å². The Morgan fingerprint density at radius 3 is 2.52 bits per heavy atom. The minimum absolute atomic E-state index is 0.123. The molecular formula is C18H17F3N2O2. The Bertz CT molecular complexity index is 749. The number of hydrogen-bond acceptors (Lipinski definition) is 3. The quantitative estimate of drug-likeness (QED) is 0.802. The standard InChI is InChI=1S/C18H17F3N2O2/c19-12-6-15(20)17(21)16(7-12)22-13-8-14(9-13)23-18(24)25-10-11-4-2-1-3-5-11/h1-7,13-14,22H,8-10H2,(H,23,24). The van der Waals surface area contributed by atoms with Gasteiger partial charge in [-0.05, 0) is 18.4 Å². The molecule has 0 saturated heterocycles. The first-order chi connectivity index (χ1) is 12.0. The molecular weight excluding hydrogens is 333 g/mol. The molecule has 0 unspecified atom stereocenters. The summed E-state index contributed by atoms with van der Waals surface area (Å²) in [6.45, 7) is 0.175. The van der Waals surface area contributed by atoms with Crippen molar-refractivity contribution in [1.82, 2.24) is 5.32 Å². The average Bonchev–Trinajstić information content (AvgIpc) is 2.56. The molecule has 0 bridgehead atoms. The van der Waals surface area contributed by atoms with Gasteiger partial charge in [0.2, 0.25) is 0 Å². The number of carbonyl (C=O) groups excluding carboxylic acids is 1. The summed E-state index contributed by atoms with van der Waals surface area (Å²) in [5, 5.41) is 5.44. The second-order valence-electron chi connectivity index (χ2n) is 5.96. The van der Waals surface area contributed by atoms with Crippen LogP contribution in [-0.2, 0) is 11.3 Å². The van der Waals surface area contributed by atoms with E-state index in [4.69, 9.17) is 4.74 Å². The smallest absolute Gasteiger partial charge is 0.407 e. The van der Waals surface area contributed by atoms with Crippen LogP contribution in [0.15, 0.2) is 42.5 Å². The summed E-state index contributed by atoms with van der Waals surface area (Å²) in [6, 6.07) is 10.4. The molecule has 1 saturated carbocycles. The molecule has 0 aromatic heterocycles. The summed E-state index contributed by atoms with van der Waals surface area (Å²) in [5.74, 6) is -3.19. The number of rotatable bonds is 5. The molecule has 0 aliphatic heterocycles. The summed E-state index contributed by atoms with van der Waals surface area (Å²) in [7, 11) is 0. The zero-order chi connectivity index (χ0) is 17.8. The predicted octanol–water partition coefficient (Wildman–Crippen LogP) is 3.97. The molecule has 7 heteroatoms. The second kappa shape index (κ2) is 7.46. The normalized spacial score (nSPS) is 19.0. The maximum Gasteiger partial charge on any atom is 0.407 e. The van der Waals surface area contributed by atoms with E-state index < -0.39 is 23.5 Å². The number of nitrogens with one attached hydrogen (secondary N) is 2. The van der Waals surface area contributed by atoms with Gasteiger partial charge in [0.1, 0.15) is 12.4 Å². The van der Waals surface area contributed by atoms with E-state index in [9.17, 15) is 18.0 Å². The number of ether oxygens (including phenoxy) is 1. The fourth-order valence-corrected chi connectivity index (χ4v) is 2.67. The zero-order valence-electron chi connectivity index (χ0n) is 13.3. The molecule has 0 spiro atoms. The van der Waals surface area contributed by atoms with Crippen LogP contribution in [0.25, 0.3) is 0 Å². The molecule has 0 atom stereocenters. The van der Waals surface area contributed by atoms with Crippen molar-refractivity contribution >= 4 is 11.8 Å². The van der Waals surface area contributed by atoms with E-state index in [-0.39, 0.29) is 24.4 Å². The Morgan fingerprint density at radius 1 is 1.08 bits per heavy atom. The first-order valence-corrected chi connectivity index (χ1v) is 7.89. The first-order valence-electron chi connectivity index (χ1n) is 7.89. The van der Waals surface area contributed by atoms with E-state index in [1.54, 1.807) is 0 Å². The Labute approximate surface area is 143 Å². The summed E-state index contributed by atoms with van der Waals surface area (Å²) in [4.78, 5) is 11.7. The minimum atomic E-state index is -1.24. The molecule has 1 aliphatic rings. The molecule has 2 N–H and O–H groups in total. The van der Waals surface area contributed by atoms with Gasteiger partial charge in [0.25, 0.3) is 0 Å². The van der Waals surface area contributed by atoms with Crippen molar-refractivity contribution in [2.45, 2.75) is 31.5 Å². The van der Waals surface area contributed by atoms with Crippen LogP contribution in [0.3, 0.4) is 0 Å². The van der Waals surface area contributed by atoms with E-state index in [1.165, 1.54) is 0 Å². The van der Waals surface area contributed by atoms with Crippen LogP contribution < -0.4 is 10.6 Å². The highest BCUT2D eigenvalue weighted by Gasteiger charge is 2.31. The molecule has 1 aliphatic carbocycles. The van der Waals surface area contributed by atoms with Gasteiger partial charge < -0.3 is 15.4 Å². The molecule has 0 radical (unpaired) electrons. The van der Waals surface area contributed by atoms with Crippen LogP contribution in [0, 0.1) is 17.5 Å². The highest BCUT2D eigenvalue weighted by Crippen LogP contribution is 2.27. The van der Waals surface area contributed by atoms with Crippen molar-refractivity contribution in [2.75, 3.05) is 5.32 Å². The van der Waals surface area contributed by atoms with Crippen molar-refractivity contribution in [3.63, 3.8) is 0 Å². The Hall–Kier alpha value is -2.70. The number of amides is 1. The molecule has 4 nitrogen and oxygen atoms in total. The van der Waals surface area contributed by atoms with Crippen LogP contribution in [0.4, 0.5) is 23.7 Å². The third kappa shape index (κ3) is 4.43. The molecule has 0 heterocycles. The van der Waals surface area contributed by atoms with Crippen molar-refractivity contribution in [3.8, 4) is 0 Å². The Balaban J connectivity index is 1.41. The van der Waals surface area contributed by atoms with E-state index in [1.807, 2.05) is 30.3 Å². The van der Waals surface area contributed by atoms with Gasteiger partial charge in [-0.1, -0.05) is 30.3 Å². The summed E-state index contributed by atoms with van der Waals surface area (Å²) < 4.78 is 45.0. The summed E-state index contributed by atoms with van der Waals surface area (Å²) in [5.41, 5.74) is 0.669. The van der Waals surface area contributed by atoms with Crippen LogP contribution >= 0.6 is 0 Å². The van der Waals surface area contributed by atoms with Gasteiger partial charge in [-0.2, -0.15) is 0 Å². The molecule has 1 fully saturated rings. The maximum absolute atomic E-state index is 13.6. The fourth-order valence-electron chi connectivity index (χ4n) is 2.67. The van der Waals surface area contributed by atoms with Crippen molar-refractivity contribution in [3.05, 3.63) is 65.5 Å². The topological polar surface area (TPSA) is 50.4 Å². The van der Waals surface area contributed by atoms with Gasteiger partial charge in [-0.3, -0.25) is 0 Å². The monoisotopic (exact) mass is 350 g/mol. The van der Waals surface area contributed by atoms with Crippen LogP contribution in [0.5, 0.6) is 0 Å². The lowest BCUT2D eigenvalue weighted by atomic mass is 9.86. The first kappa shape index (κ1) is 17.1. The van der Waals surface area contributed by atoms with Gasteiger partial charge in [0.15, 0.2) is 11.6 Å². The highest BCUT2D eigenvalue weighted by atomic mass is 19.2. The summed E-state index contributed by atoms with van der Waals surface area (Å²) in [6.07, 6.45) is 0.492. The fraction of sp³-hybridized carbons (Fsp3) is 0.278. The van der Waals surface area contributed by atoms with Crippen LogP contribution in [0.1, 0.15) is 18.4 Å². The lowest BCUT2D eigenvalue weighted by molar-refractivity contribution is 0.129. The van der Waals surface area contributed by atoms with Crippen molar-refractivity contribution < 1.29 is 22.7 Å². The maximum atomic E-state index is 13.6. The number of carbonyl (C=O) groups is 1. The van der Waals surface area contributed by atoms with E-state index in [2.05, 4.69) is 10.6 Å². The molecule has 3 rings (SSSR count). The minimum Gasteiger partial charge on any atom is -0.445 e. The van der Waals surface area contributed by atoms with E-state index in [0.29, 0.717) is 18.9 Å². The van der Waals surface area contributed by atoms with Crippen molar-refractivity contribution in [2.24, 2.45) is 0 Å². The molecule has 2 aromatic carbocycles. The Morgan fingerprint density at radius 2 is 1.80 bits per heavy atom. The highest BCUT2D eigenvalue weighted by molar-refractivity contribution is 5.67. The van der Waals surface area contributed by atoms with Crippen LogP contribution in [0.2, 0.25) is 0 Å². The van der Waals surface area contributed by atoms with Gasteiger partial charge in [-0.15, -0.1) is 0 Å². The molecule has 25 heavy (non-hydrogen) atoms. The van der Waals surface area contributed by atoms with E-state index >= 15 is 0 Å². The van der Waals surface area contributed by atoms with Crippen molar-refractivity contribution in [1.29, 1.82) is 0 Å². The largest absolute Gasteiger partial charge is 0.445 e. The molecule has 132 valence electrons. The number of hydrogen-bond donors (Lipinski definition) is 2. The number of benzene rings is 2. The van der Waals surface area contributed by atoms with Gasteiger partial charge >= 0.3 is 6.09 Å². The zero-order valence-corrected chi connectivity index (χ0v) is 13.3. The summed E-state index contributed by atoms with van der Waals surface area (Å²) >= 11 is 0. The third-order valence-electron chi connectivity index (χ3n) is 4.03.